The molecular weight excluding hydrogens is 482 g/mol. The number of aromatic nitrogens is 3. The predicted octanol–water partition coefficient (Wildman–Crippen LogP) is 4.61. The summed E-state index contributed by atoms with van der Waals surface area (Å²) in [4.78, 5) is 29.8. The van der Waals surface area contributed by atoms with Crippen LogP contribution in [0.2, 0.25) is 5.02 Å². The van der Waals surface area contributed by atoms with E-state index in [2.05, 4.69) is 20.7 Å². The average Bonchev–Trinajstić information content (AvgIpc) is 3.15. The molecule has 2 N–H and O–H groups in total. The first-order valence-electron chi connectivity index (χ1n) is 9.89. The van der Waals surface area contributed by atoms with E-state index in [-0.39, 0.29) is 34.1 Å². The minimum Gasteiger partial charge on any atom is -0.350 e. The van der Waals surface area contributed by atoms with Crippen molar-refractivity contribution in [2.75, 3.05) is 0 Å². The van der Waals surface area contributed by atoms with Gasteiger partial charge in [-0.3, -0.25) is 9.59 Å². The summed E-state index contributed by atoms with van der Waals surface area (Å²) in [7, 11) is 0. The highest BCUT2D eigenvalue weighted by Crippen LogP contribution is 2.32. The van der Waals surface area contributed by atoms with Crippen molar-refractivity contribution in [3.8, 4) is 5.82 Å². The molecule has 2 heterocycles. The zero-order valence-corrected chi connectivity index (χ0v) is 19.3. The molecule has 1 aliphatic rings. The second-order valence-electron chi connectivity index (χ2n) is 7.74. The monoisotopic (exact) mass is 501 g/mol. The summed E-state index contributed by atoms with van der Waals surface area (Å²) < 4.78 is 40.8. The van der Waals surface area contributed by atoms with Crippen LogP contribution in [-0.4, -0.2) is 32.6 Å². The maximum absolute atomic E-state index is 13.4. The second kappa shape index (κ2) is 9.56. The molecule has 1 unspecified atom stereocenters. The molecule has 0 radical (unpaired) electrons. The SMILES string of the molecule is CC(C)NC(=O)C1=C(NC(=O)c2cc(C(F)(F)F)nn2-c2ncccc2Cl)C(C)CC(Cl)=C1. The highest BCUT2D eigenvalue weighted by Gasteiger charge is 2.37. The van der Waals surface area contributed by atoms with E-state index in [9.17, 15) is 22.8 Å². The van der Waals surface area contributed by atoms with Crippen molar-refractivity contribution < 1.29 is 22.8 Å². The highest BCUT2D eigenvalue weighted by atomic mass is 35.5. The number of pyridine rings is 1. The summed E-state index contributed by atoms with van der Waals surface area (Å²) in [6.45, 7) is 5.27. The molecule has 0 spiro atoms. The number of hydrogen-bond acceptors (Lipinski definition) is 4. The Hall–Kier alpha value is -2.85. The van der Waals surface area contributed by atoms with Crippen LogP contribution in [0.25, 0.3) is 5.82 Å². The summed E-state index contributed by atoms with van der Waals surface area (Å²) in [5.74, 6) is -1.91. The Bertz CT molecular complexity index is 1160. The lowest BCUT2D eigenvalue weighted by molar-refractivity contribution is -0.141. The van der Waals surface area contributed by atoms with Gasteiger partial charge in [0.05, 0.1) is 10.6 Å². The summed E-state index contributed by atoms with van der Waals surface area (Å²) in [5, 5.41) is 9.22. The quantitative estimate of drug-likeness (QED) is 0.625. The smallest absolute Gasteiger partial charge is 0.350 e. The number of carbonyl (C=O) groups is 2. The highest BCUT2D eigenvalue weighted by molar-refractivity contribution is 6.32. The van der Waals surface area contributed by atoms with Gasteiger partial charge < -0.3 is 10.6 Å². The predicted molar refractivity (Wildman–Crippen MR) is 117 cm³/mol. The number of allylic oxidation sites excluding steroid dienone is 2. The van der Waals surface area contributed by atoms with Crippen LogP contribution in [0.15, 0.2) is 46.8 Å². The maximum atomic E-state index is 13.4. The molecule has 2 aromatic heterocycles. The molecule has 1 atom stereocenters. The normalized spacial score (nSPS) is 16.6. The number of hydrogen-bond donors (Lipinski definition) is 2. The van der Waals surface area contributed by atoms with Crippen molar-refractivity contribution >= 4 is 35.0 Å². The molecule has 0 aliphatic heterocycles. The van der Waals surface area contributed by atoms with Crippen molar-refractivity contribution in [1.29, 1.82) is 0 Å². The third kappa shape index (κ3) is 5.56. The van der Waals surface area contributed by atoms with E-state index in [0.717, 1.165) is 4.68 Å². The molecule has 12 heteroatoms. The Morgan fingerprint density at radius 2 is 1.94 bits per heavy atom. The van der Waals surface area contributed by atoms with Crippen LogP contribution in [0.4, 0.5) is 13.2 Å². The summed E-state index contributed by atoms with van der Waals surface area (Å²) in [6.07, 6.45) is -1.72. The summed E-state index contributed by atoms with van der Waals surface area (Å²) >= 11 is 12.2. The number of amides is 2. The largest absolute Gasteiger partial charge is 0.435 e. The van der Waals surface area contributed by atoms with Gasteiger partial charge in [0.25, 0.3) is 11.8 Å². The van der Waals surface area contributed by atoms with Crippen molar-refractivity contribution in [1.82, 2.24) is 25.4 Å². The Morgan fingerprint density at radius 3 is 2.55 bits per heavy atom. The van der Waals surface area contributed by atoms with Crippen LogP contribution in [0, 0.1) is 5.92 Å². The van der Waals surface area contributed by atoms with Crippen LogP contribution in [0.1, 0.15) is 43.4 Å². The zero-order chi connectivity index (χ0) is 24.5. The molecule has 0 saturated heterocycles. The van der Waals surface area contributed by atoms with Crippen molar-refractivity contribution in [3.63, 3.8) is 0 Å². The van der Waals surface area contributed by atoms with E-state index < -0.39 is 29.4 Å². The molecule has 7 nitrogen and oxygen atoms in total. The van der Waals surface area contributed by atoms with Gasteiger partial charge in [-0.2, -0.15) is 18.3 Å². The topological polar surface area (TPSA) is 88.9 Å². The molecule has 33 heavy (non-hydrogen) atoms. The fourth-order valence-electron chi connectivity index (χ4n) is 3.23. The van der Waals surface area contributed by atoms with Gasteiger partial charge in [0, 0.05) is 35.0 Å². The molecule has 2 amide bonds. The van der Waals surface area contributed by atoms with E-state index in [4.69, 9.17) is 23.2 Å². The first kappa shape index (κ1) is 24.8. The van der Waals surface area contributed by atoms with Gasteiger partial charge >= 0.3 is 6.18 Å². The van der Waals surface area contributed by atoms with E-state index in [0.29, 0.717) is 17.5 Å². The van der Waals surface area contributed by atoms with Gasteiger partial charge in [-0.15, -0.1) is 0 Å². The molecule has 3 rings (SSSR count). The van der Waals surface area contributed by atoms with Crippen molar-refractivity contribution in [2.45, 2.75) is 39.4 Å². The number of nitrogens with zero attached hydrogens (tertiary/aromatic N) is 3. The third-order valence-corrected chi connectivity index (χ3v) is 5.23. The lowest BCUT2D eigenvalue weighted by Gasteiger charge is -2.24. The minimum absolute atomic E-state index is 0.000315. The molecule has 0 fully saturated rings. The van der Waals surface area contributed by atoms with Crippen LogP contribution in [0.5, 0.6) is 0 Å². The van der Waals surface area contributed by atoms with Crippen molar-refractivity contribution in [2.24, 2.45) is 5.92 Å². The van der Waals surface area contributed by atoms with Gasteiger partial charge in [0.1, 0.15) is 5.69 Å². The fraction of sp³-hybridized carbons (Fsp3) is 0.333. The Morgan fingerprint density at radius 1 is 1.24 bits per heavy atom. The van der Waals surface area contributed by atoms with E-state index in [1.54, 1.807) is 20.8 Å². The lowest BCUT2D eigenvalue weighted by Crippen LogP contribution is -2.37. The Kier molecular flexibility index (Phi) is 7.18. The standard InChI is InChI=1S/C21H20Cl2F3N5O2/c1-10(2)28-19(32)13-8-12(22)7-11(3)17(13)29-20(33)15-9-16(21(24,25)26)30-31(15)18-14(23)5-4-6-27-18/h4-6,8-11H,7H2,1-3H3,(H,28,32)(H,29,33). The number of alkyl halides is 3. The van der Waals surface area contributed by atoms with E-state index in [1.807, 2.05) is 0 Å². The van der Waals surface area contributed by atoms with Crippen LogP contribution < -0.4 is 10.6 Å². The lowest BCUT2D eigenvalue weighted by atomic mass is 9.92. The molecule has 1 aliphatic carbocycles. The van der Waals surface area contributed by atoms with E-state index in [1.165, 1.54) is 24.4 Å². The Labute approximate surface area is 197 Å². The Balaban J connectivity index is 2.08. The minimum atomic E-state index is -4.81. The van der Waals surface area contributed by atoms with Gasteiger partial charge in [0.2, 0.25) is 0 Å². The number of carbonyl (C=O) groups excluding carboxylic acids is 2. The summed E-state index contributed by atoms with van der Waals surface area (Å²) in [5.41, 5.74) is -1.39. The zero-order valence-electron chi connectivity index (χ0n) is 17.8. The van der Waals surface area contributed by atoms with Crippen LogP contribution >= 0.6 is 23.2 Å². The average molecular weight is 502 g/mol. The van der Waals surface area contributed by atoms with Gasteiger partial charge in [-0.1, -0.05) is 30.1 Å². The molecule has 0 bridgehead atoms. The number of nitrogens with one attached hydrogen (secondary N) is 2. The molecular formula is C21H20Cl2F3N5O2. The molecule has 176 valence electrons. The summed E-state index contributed by atoms with van der Waals surface area (Å²) in [6, 6.07) is 3.32. The molecule has 0 aromatic carbocycles. The van der Waals surface area contributed by atoms with Gasteiger partial charge in [-0.25, -0.2) is 9.67 Å². The first-order valence-corrected chi connectivity index (χ1v) is 10.6. The van der Waals surface area contributed by atoms with Gasteiger partial charge in [0.15, 0.2) is 11.5 Å². The maximum Gasteiger partial charge on any atom is 0.435 e. The van der Waals surface area contributed by atoms with Gasteiger partial charge in [-0.05, 0) is 38.5 Å². The number of halogens is 5. The number of rotatable bonds is 5. The fourth-order valence-corrected chi connectivity index (χ4v) is 3.78. The van der Waals surface area contributed by atoms with E-state index >= 15 is 0 Å². The molecule has 2 aromatic rings. The molecule has 0 saturated carbocycles. The third-order valence-electron chi connectivity index (χ3n) is 4.67. The van der Waals surface area contributed by atoms with Crippen LogP contribution in [-0.2, 0) is 11.0 Å². The van der Waals surface area contributed by atoms with Crippen LogP contribution in [0.3, 0.4) is 0 Å². The van der Waals surface area contributed by atoms with Crippen molar-refractivity contribution in [3.05, 3.63) is 63.2 Å². The first-order chi connectivity index (χ1) is 15.4. The second-order valence-corrected chi connectivity index (χ2v) is 8.63.